The third kappa shape index (κ3) is 4.44. The van der Waals surface area contributed by atoms with Crippen molar-refractivity contribution in [3.8, 4) is 16.9 Å². The van der Waals surface area contributed by atoms with Gasteiger partial charge in [-0.25, -0.2) is 9.78 Å². The molecule has 0 radical (unpaired) electrons. The van der Waals surface area contributed by atoms with Crippen molar-refractivity contribution in [2.24, 2.45) is 0 Å². The van der Waals surface area contributed by atoms with Crippen molar-refractivity contribution >= 4 is 22.8 Å². The number of aliphatic carboxylic acids is 1. The molecule has 0 aliphatic carbocycles. The number of hydrogen-bond donors (Lipinski definition) is 1. The molecule has 0 atom stereocenters. The number of aromatic nitrogens is 1. The highest BCUT2D eigenvalue weighted by Gasteiger charge is 2.23. The Labute approximate surface area is 185 Å². The van der Waals surface area contributed by atoms with Gasteiger partial charge in [0.2, 0.25) is 0 Å². The van der Waals surface area contributed by atoms with E-state index in [0.717, 1.165) is 22.0 Å². The number of fused-ring (bicyclic) bond motifs is 1. The van der Waals surface area contributed by atoms with Crippen LogP contribution in [0.4, 0.5) is 0 Å². The molecular formula is C26H21NO5. The van der Waals surface area contributed by atoms with E-state index < -0.39 is 11.9 Å². The Balaban J connectivity index is 1.77. The van der Waals surface area contributed by atoms with Crippen LogP contribution in [0.25, 0.3) is 22.0 Å². The molecule has 4 aromatic rings. The maximum atomic E-state index is 12.9. The highest BCUT2D eigenvalue weighted by atomic mass is 16.5. The van der Waals surface area contributed by atoms with Gasteiger partial charge >= 0.3 is 11.9 Å². The van der Waals surface area contributed by atoms with Crippen LogP contribution < -0.4 is 4.74 Å². The highest BCUT2D eigenvalue weighted by molar-refractivity contribution is 6.07. The Bertz CT molecular complexity index is 1270. The number of methoxy groups -OCH3 is 1. The summed E-state index contributed by atoms with van der Waals surface area (Å²) in [5.74, 6) is -0.834. The van der Waals surface area contributed by atoms with Gasteiger partial charge in [0.25, 0.3) is 0 Å². The first-order chi connectivity index (χ1) is 15.6. The lowest BCUT2D eigenvalue weighted by atomic mass is 9.94. The third-order valence-corrected chi connectivity index (χ3v) is 5.07. The number of esters is 1. The zero-order valence-electron chi connectivity index (χ0n) is 17.4. The molecule has 0 aliphatic rings. The second-order valence-electron chi connectivity index (χ2n) is 7.19. The van der Waals surface area contributed by atoms with Crippen molar-refractivity contribution in [3.05, 3.63) is 95.7 Å². The molecule has 160 valence electrons. The third-order valence-electron chi connectivity index (χ3n) is 5.07. The summed E-state index contributed by atoms with van der Waals surface area (Å²) in [5.41, 5.74) is 3.87. The lowest BCUT2D eigenvalue weighted by Gasteiger charge is -2.16. The van der Waals surface area contributed by atoms with Crippen LogP contribution >= 0.6 is 0 Å². The van der Waals surface area contributed by atoms with Crippen LogP contribution in [-0.4, -0.2) is 29.1 Å². The summed E-state index contributed by atoms with van der Waals surface area (Å²) in [6.07, 6.45) is -0.0561. The zero-order chi connectivity index (χ0) is 22.5. The predicted molar refractivity (Wildman–Crippen MR) is 121 cm³/mol. The van der Waals surface area contributed by atoms with Gasteiger partial charge in [-0.2, -0.15) is 0 Å². The van der Waals surface area contributed by atoms with Gasteiger partial charge in [-0.15, -0.1) is 0 Å². The lowest BCUT2D eigenvalue weighted by Crippen LogP contribution is -2.13. The molecule has 1 aromatic heterocycles. The van der Waals surface area contributed by atoms with Gasteiger partial charge in [-0.05, 0) is 29.3 Å². The molecule has 32 heavy (non-hydrogen) atoms. The van der Waals surface area contributed by atoms with Crippen molar-refractivity contribution in [1.82, 2.24) is 4.98 Å². The van der Waals surface area contributed by atoms with Crippen molar-refractivity contribution in [3.63, 3.8) is 0 Å². The summed E-state index contributed by atoms with van der Waals surface area (Å²) in [5, 5.41) is 9.77. The zero-order valence-corrected chi connectivity index (χ0v) is 17.4. The first-order valence-corrected chi connectivity index (χ1v) is 10.1. The predicted octanol–water partition coefficient (Wildman–Crippen LogP) is 4.89. The molecule has 6 heteroatoms. The van der Waals surface area contributed by atoms with Crippen LogP contribution in [0.5, 0.6) is 5.75 Å². The average molecular weight is 427 g/mol. The Morgan fingerprint density at radius 3 is 2.28 bits per heavy atom. The number of para-hydroxylation sites is 1. The van der Waals surface area contributed by atoms with Gasteiger partial charge in [-0.3, -0.25) is 4.79 Å². The van der Waals surface area contributed by atoms with Gasteiger partial charge in [0.05, 0.1) is 30.3 Å². The van der Waals surface area contributed by atoms with E-state index in [9.17, 15) is 9.59 Å². The lowest BCUT2D eigenvalue weighted by molar-refractivity contribution is -0.136. The second kappa shape index (κ2) is 9.31. The minimum absolute atomic E-state index is 0.0490. The van der Waals surface area contributed by atoms with Crippen molar-refractivity contribution < 1.29 is 24.2 Å². The monoisotopic (exact) mass is 427 g/mol. The van der Waals surface area contributed by atoms with Gasteiger partial charge in [0.1, 0.15) is 12.4 Å². The van der Waals surface area contributed by atoms with E-state index in [-0.39, 0.29) is 13.0 Å². The van der Waals surface area contributed by atoms with E-state index in [1.165, 1.54) is 7.11 Å². The first-order valence-electron chi connectivity index (χ1n) is 10.1. The smallest absolute Gasteiger partial charge is 0.340 e. The fourth-order valence-electron chi connectivity index (χ4n) is 3.62. The molecule has 0 aliphatic heterocycles. The SMILES string of the molecule is COC(=O)c1c(COc2ccc(CC(=O)O)cc2)nc2ccccc2c1-c1ccccc1. The highest BCUT2D eigenvalue weighted by Crippen LogP contribution is 2.34. The van der Waals surface area contributed by atoms with Crippen LogP contribution in [0.15, 0.2) is 78.9 Å². The summed E-state index contributed by atoms with van der Waals surface area (Å²) in [4.78, 5) is 28.4. The minimum atomic E-state index is -0.893. The summed E-state index contributed by atoms with van der Waals surface area (Å²) >= 11 is 0. The van der Waals surface area contributed by atoms with Crippen LogP contribution in [0.1, 0.15) is 21.6 Å². The Morgan fingerprint density at radius 1 is 0.906 bits per heavy atom. The molecule has 0 fully saturated rings. The standard InChI is InChI=1S/C26H21NO5/c1-31-26(30)25-22(16-32-19-13-11-17(12-14-19)15-23(28)29)27-21-10-6-5-9-20(21)24(25)18-7-3-2-4-8-18/h2-14H,15-16H2,1H3,(H,28,29). The van der Waals surface area contributed by atoms with Crippen LogP contribution in [-0.2, 0) is 22.6 Å². The van der Waals surface area contributed by atoms with Crippen LogP contribution in [0, 0.1) is 0 Å². The molecule has 0 saturated carbocycles. The summed E-state index contributed by atoms with van der Waals surface area (Å²) < 4.78 is 11.0. The second-order valence-corrected chi connectivity index (χ2v) is 7.19. The molecule has 0 spiro atoms. The van der Waals surface area contributed by atoms with E-state index in [1.807, 2.05) is 54.6 Å². The minimum Gasteiger partial charge on any atom is -0.487 e. The largest absolute Gasteiger partial charge is 0.487 e. The fraction of sp³-hybridized carbons (Fsp3) is 0.115. The summed E-state index contributed by atoms with van der Waals surface area (Å²) in [6.45, 7) is 0.0490. The molecule has 6 nitrogen and oxygen atoms in total. The average Bonchev–Trinajstić information content (AvgIpc) is 2.82. The molecule has 4 rings (SSSR count). The molecular weight excluding hydrogens is 406 g/mol. The van der Waals surface area contributed by atoms with Crippen molar-refractivity contribution in [2.45, 2.75) is 13.0 Å². The number of carboxylic acid groups (broad SMARTS) is 1. The molecule has 0 amide bonds. The van der Waals surface area contributed by atoms with Gasteiger partial charge in [-0.1, -0.05) is 60.7 Å². The molecule has 0 bridgehead atoms. The maximum absolute atomic E-state index is 12.9. The quantitative estimate of drug-likeness (QED) is 0.423. The van der Waals surface area contributed by atoms with Gasteiger partial charge in [0.15, 0.2) is 0 Å². The van der Waals surface area contributed by atoms with Crippen molar-refractivity contribution in [1.29, 1.82) is 0 Å². The molecule has 1 N–H and O–H groups in total. The Hall–Kier alpha value is -4.19. The Morgan fingerprint density at radius 2 is 1.59 bits per heavy atom. The number of ether oxygens (including phenoxy) is 2. The molecule has 0 saturated heterocycles. The number of hydrogen-bond acceptors (Lipinski definition) is 5. The van der Waals surface area contributed by atoms with Gasteiger partial charge in [0, 0.05) is 10.9 Å². The van der Waals surface area contributed by atoms with E-state index in [4.69, 9.17) is 19.6 Å². The summed E-state index contributed by atoms with van der Waals surface area (Å²) in [7, 11) is 1.35. The normalized spacial score (nSPS) is 10.7. The number of rotatable bonds is 7. The number of benzene rings is 3. The fourth-order valence-corrected chi connectivity index (χ4v) is 3.62. The van der Waals surface area contributed by atoms with Crippen LogP contribution in [0.3, 0.4) is 0 Å². The molecule has 1 heterocycles. The Kier molecular flexibility index (Phi) is 6.12. The van der Waals surface area contributed by atoms with Crippen LogP contribution in [0.2, 0.25) is 0 Å². The topological polar surface area (TPSA) is 85.7 Å². The number of pyridine rings is 1. The van der Waals surface area contributed by atoms with Gasteiger partial charge < -0.3 is 14.6 Å². The number of nitrogens with zero attached hydrogens (tertiary/aromatic N) is 1. The summed E-state index contributed by atoms with van der Waals surface area (Å²) in [6, 6.07) is 24.1. The molecule has 3 aromatic carbocycles. The van der Waals surface area contributed by atoms with E-state index in [2.05, 4.69) is 0 Å². The molecule has 0 unspecified atom stereocenters. The first kappa shape index (κ1) is 21.1. The number of carboxylic acids is 1. The number of carbonyl (C=O) groups is 2. The number of carbonyl (C=O) groups excluding carboxylic acids is 1. The van der Waals surface area contributed by atoms with Crippen molar-refractivity contribution in [2.75, 3.05) is 7.11 Å². The van der Waals surface area contributed by atoms with E-state index >= 15 is 0 Å². The maximum Gasteiger partial charge on any atom is 0.340 e. The van der Waals surface area contributed by atoms with E-state index in [0.29, 0.717) is 22.6 Å². The van der Waals surface area contributed by atoms with E-state index in [1.54, 1.807) is 24.3 Å².